The number of hydrogen-bond donors (Lipinski definition) is 0. The summed E-state index contributed by atoms with van der Waals surface area (Å²) in [7, 11) is 0. The highest BCUT2D eigenvalue weighted by molar-refractivity contribution is 7.99. The van der Waals surface area contributed by atoms with E-state index in [1.807, 2.05) is 47.4 Å². The van der Waals surface area contributed by atoms with Crippen molar-refractivity contribution in [2.45, 2.75) is 18.7 Å². The van der Waals surface area contributed by atoms with Crippen LogP contribution in [0.1, 0.15) is 33.8 Å². The highest BCUT2D eigenvalue weighted by atomic mass is 32.2. The summed E-state index contributed by atoms with van der Waals surface area (Å²) in [5.41, 5.74) is 3.08. The van der Waals surface area contributed by atoms with Gasteiger partial charge in [0.15, 0.2) is 11.5 Å². The maximum Gasteiger partial charge on any atom is 0.255 e. The molecule has 4 nitrogen and oxygen atoms in total. The number of aryl methyl sites for hydroxylation is 1. The van der Waals surface area contributed by atoms with Crippen LogP contribution in [0.25, 0.3) is 0 Å². The molecule has 0 aliphatic carbocycles. The fourth-order valence-electron chi connectivity index (χ4n) is 3.07. The van der Waals surface area contributed by atoms with E-state index < -0.39 is 0 Å². The molecule has 0 saturated carbocycles. The Labute approximate surface area is 145 Å². The van der Waals surface area contributed by atoms with E-state index in [0.717, 1.165) is 41.3 Å². The predicted octanol–water partition coefficient (Wildman–Crippen LogP) is 3.87. The van der Waals surface area contributed by atoms with Gasteiger partial charge in [-0.25, -0.2) is 0 Å². The molecule has 0 N–H and O–H groups in total. The lowest BCUT2D eigenvalue weighted by molar-refractivity contribution is 0.0760. The van der Waals surface area contributed by atoms with Crippen LogP contribution in [0.15, 0.2) is 42.5 Å². The fraction of sp³-hybridized carbons (Fsp3) is 0.316. The molecule has 4 rings (SSSR count). The number of carbonyl (C=O) groups is 1. The zero-order valence-electron chi connectivity index (χ0n) is 13.5. The van der Waals surface area contributed by atoms with Crippen LogP contribution in [-0.2, 0) is 6.42 Å². The molecule has 0 unspecified atom stereocenters. The van der Waals surface area contributed by atoms with Crippen molar-refractivity contribution in [3.63, 3.8) is 0 Å². The molecule has 2 aliphatic rings. The van der Waals surface area contributed by atoms with Crippen LogP contribution in [0, 0.1) is 0 Å². The minimum absolute atomic E-state index is 0.0258. The molecular weight excluding hydrogens is 322 g/mol. The molecule has 2 aliphatic heterocycles. The highest BCUT2D eigenvalue weighted by Gasteiger charge is 2.32. The lowest BCUT2D eigenvalue weighted by atomic mass is 10.1. The summed E-state index contributed by atoms with van der Waals surface area (Å²) in [5.74, 6) is 2.57. The van der Waals surface area contributed by atoms with Gasteiger partial charge in [-0.3, -0.25) is 4.79 Å². The van der Waals surface area contributed by atoms with E-state index in [4.69, 9.17) is 9.47 Å². The topological polar surface area (TPSA) is 38.8 Å². The van der Waals surface area contributed by atoms with Crippen LogP contribution in [0.4, 0.5) is 0 Å². The van der Waals surface area contributed by atoms with Crippen LogP contribution in [0.2, 0.25) is 0 Å². The number of amides is 1. The monoisotopic (exact) mass is 341 g/mol. The smallest absolute Gasteiger partial charge is 0.255 e. The van der Waals surface area contributed by atoms with Gasteiger partial charge in [-0.2, -0.15) is 0 Å². The lowest BCUT2D eigenvalue weighted by Gasteiger charge is -2.24. The first-order valence-electron chi connectivity index (χ1n) is 8.17. The molecule has 2 aromatic rings. The molecule has 2 aromatic carbocycles. The van der Waals surface area contributed by atoms with Crippen LogP contribution in [0.5, 0.6) is 11.5 Å². The first kappa shape index (κ1) is 15.4. The minimum Gasteiger partial charge on any atom is -0.454 e. The van der Waals surface area contributed by atoms with Crippen molar-refractivity contribution in [3.8, 4) is 11.5 Å². The van der Waals surface area contributed by atoms with Gasteiger partial charge in [0.05, 0.1) is 0 Å². The largest absolute Gasteiger partial charge is 0.454 e. The van der Waals surface area contributed by atoms with Gasteiger partial charge in [0.1, 0.15) is 5.37 Å². The molecule has 24 heavy (non-hydrogen) atoms. The second-order valence-electron chi connectivity index (χ2n) is 5.88. The van der Waals surface area contributed by atoms with E-state index in [1.165, 1.54) is 5.56 Å². The number of fused-ring (bicyclic) bond motifs is 1. The molecule has 1 amide bonds. The van der Waals surface area contributed by atoms with E-state index in [2.05, 4.69) is 6.92 Å². The Morgan fingerprint density at radius 3 is 2.75 bits per heavy atom. The van der Waals surface area contributed by atoms with Crippen molar-refractivity contribution in [1.29, 1.82) is 0 Å². The molecule has 0 bridgehead atoms. The second-order valence-corrected chi connectivity index (χ2v) is 7.07. The SMILES string of the molecule is CCc1ccc(C(=O)N2CCS[C@H]2c2ccc3c(c2)OCO3)cc1. The van der Waals surface area contributed by atoms with E-state index in [9.17, 15) is 4.79 Å². The Kier molecular flexibility index (Phi) is 4.10. The van der Waals surface area contributed by atoms with Crippen molar-refractivity contribution < 1.29 is 14.3 Å². The maximum absolute atomic E-state index is 12.9. The third-order valence-electron chi connectivity index (χ3n) is 4.44. The zero-order chi connectivity index (χ0) is 16.5. The van der Waals surface area contributed by atoms with Gasteiger partial charge in [0.2, 0.25) is 6.79 Å². The van der Waals surface area contributed by atoms with Crippen molar-refractivity contribution in [3.05, 3.63) is 59.2 Å². The van der Waals surface area contributed by atoms with Gasteiger partial charge in [-0.15, -0.1) is 11.8 Å². The Morgan fingerprint density at radius 2 is 1.96 bits per heavy atom. The van der Waals surface area contributed by atoms with E-state index in [-0.39, 0.29) is 18.1 Å². The predicted molar refractivity (Wildman–Crippen MR) is 94.6 cm³/mol. The summed E-state index contributed by atoms with van der Waals surface area (Å²) in [6.07, 6.45) is 0.980. The Balaban J connectivity index is 1.58. The average molecular weight is 341 g/mol. The van der Waals surface area contributed by atoms with Crippen LogP contribution < -0.4 is 9.47 Å². The standard InChI is InChI=1S/C19H19NO3S/c1-2-13-3-5-14(6-4-13)18(21)20-9-10-24-19(20)15-7-8-16-17(11-15)23-12-22-16/h3-8,11,19H,2,9-10,12H2,1H3/t19-/m0/s1. The third-order valence-corrected chi connectivity index (χ3v) is 5.70. The van der Waals surface area contributed by atoms with Gasteiger partial charge in [-0.05, 0) is 41.8 Å². The van der Waals surface area contributed by atoms with E-state index >= 15 is 0 Å². The number of rotatable bonds is 3. The van der Waals surface area contributed by atoms with Crippen LogP contribution in [-0.4, -0.2) is 29.9 Å². The van der Waals surface area contributed by atoms with Crippen LogP contribution in [0.3, 0.4) is 0 Å². The molecule has 124 valence electrons. The summed E-state index contributed by atoms with van der Waals surface area (Å²) >= 11 is 1.79. The summed E-state index contributed by atoms with van der Waals surface area (Å²) in [5, 5.41) is 0.0258. The van der Waals surface area contributed by atoms with Crippen molar-refractivity contribution >= 4 is 17.7 Å². The van der Waals surface area contributed by atoms with Crippen LogP contribution >= 0.6 is 11.8 Å². The Bertz CT molecular complexity index is 760. The Hall–Kier alpha value is -2.14. The zero-order valence-corrected chi connectivity index (χ0v) is 14.3. The summed E-state index contributed by atoms with van der Waals surface area (Å²) in [6.45, 7) is 3.14. The third kappa shape index (κ3) is 2.73. The quantitative estimate of drug-likeness (QED) is 0.850. The Morgan fingerprint density at radius 1 is 1.17 bits per heavy atom. The van der Waals surface area contributed by atoms with Crippen molar-refractivity contribution in [2.75, 3.05) is 19.1 Å². The minimum atomic E-state index is 0.0258. The number of hydrogen-bond acceptors (Lipinski definition) is 4. The van der Waals surface area contributed by atoms with Gasteiger partial charge in [0, 0.05) is 17.9 Å². The number of nitrogens with zero attached hydrogens (tertiary/aromatic N) is 1. The maximum atomic E-state index is 12.9. The normalized spacial score (nSPS) is 18.9. The first-order chi connectivity index (χ1) is 11.8. The number of carbonyl (C=O) groups excluding carboxylic acids is 1. The number of ether oxygens (including phenoxy) is 2. The van der Waals surface area contributed by atoms with Gasteiger partial charge in [0.25, 0.3) is 5.91 Å². The molecule has 1 atom stereocenters. The first-order valence-corrected chi connectivity index (χ1v) is 9.22. The average Bonchev–Trinajstić information content (AvgIpc) is 3.29. The summed E-state index contributed by atoms with van der Waals surface area (Å²) in [4.78, 5) is 14.9. The number of thioether (sulfide) groups is 1. The van der Waals surface area contributed by atoms with Gasteiger partial charge < -0.3 is 14.4 Å². The lowest BCUT2D eigenvalue weighted by Crippen LogP contribution is -2.30. The molecule has 1 fully saturated rings. The molecule has 1 saturated heterocycles. The molecule has 0 radical (unpaired) electrons. The molecular formula is C19H19NO3S. The molecule has 5 heteroatoms. The highest BCUT2D eigenvalue weighted by Crippen LogP contribution is 2.42. The van der Waals surface area contributed by atoms with Gasteiger partial charge in [-0.1, -0.05) is 25.1 Å². The summed E-state index contributed by atoms with van der Waals surface area (Å²) in [6, 6.07) is 13.9. The van der Waals surface area contributed by atoms with E-state index in [0.29, 0.717) is 0 Å². The second kappa shape index (κ2) is 6.40. The molecule has 0 spiro atoms. The van der Waals surface area contributed by atoms with E-state index in [1.54, 1.807) is 11.8 Å². The van der Waals surface area contributed by atoms with Gasteiger partial charge >= 0.3 is 0 Å². The van der Waals surface area contributed by atoms with Crippen molar-refractivity contribution in [1.82, 2.24) is 4.90 Å². The number of benzene rings is 2. The fourth-order valence-corrected chi connectivity index (χ4v) is 4.32. The van der Waals surface area contributed by atoms with Crippen molar-refractivity contribution in [2.24, 2.45) is 0 Å². The molecule has 0 aromatic heterocycles. The summed E-state index contributed by atoms with van der Waals surface area (Å²) < 4.78 is 10.8. The molecule has 2 heterocycles.